The Balaban J connectivity index is 2.36. The van der Waals surface area contributed by atoms with Crippen molar-refractivity contribution in [3.05, 3.63) is 0 Å². The normalized spacial score (nSPS) is 27.7. The van der Waals surface area contributed by atoms with E-state index in [1.54, 1.807) is 0 Å². The first-order valence-electron chi connectivity index (χ1n) is 5.56. The maximum absolute atomic E-state index is 11.3. The summed E-state index contributed by atoms with van der Waals surface area (Å²) in [4.78, 5) is 11.3. The molecule has 1 N–H and O–H groups in total. The van der Waals surface area contributed by atoms with E-state index in [1.165, 1.54) is 7.11 Å². The van der Waals surface area contributed by atoms with Gasteiger partial charge in [-0.3, -0.25) is 4.79 Å². The van der Waals surface area contributed by atoms with E-state index >= 15 is 0 Å². The van der Waals surface area contributed by atoms with Gasteiger partial charge in [-0.25, -0.2) is 0 Å². The first kappa shape index (κ1) is 12.5. The molecule has 0 bridgehead atoms. The highest BCUT2D eigenvalue weighted by Crippen LogP contribution is 2.24. The van der Waals surface area contributed by atoms with Gasteiger partial charge in [-0.15, -0.1) is 0 Å². The lowest BCUT2D eigenvalue weighted by atomic mass is 10.0. The zero-order valence-electron chi connectivity index (χ0n) is 9.84. The third-order valence-corrected chi connectivity index (χ3v) is 2.92. The molecule has 1 fully saturated rings. The summed E-state index contributed by atoms with van der Waals surface area (Å²) in [5, 5.41) is 3.20. The van der Waals surface area contributed by atoms with E-state index in [4.69, 9.17) is 9.47 Å². The van der Waals surface area contributed by atoms with Gasteiger partial charge < -0.3 is 14.8 Å². The highest BCUT2D eigenvalue weighted by Gasteiger charge is 2.31. The number of carbonyl (C=O) groups excluding carboxylic acids is 1. The number of carbonyl (C=O) groups is 1. The van der Waals surface area contributed by atoms with Crippen LogP contribution in [0, 0.1) is 0 Å². The predicted molar refractivity (Wildman–Crippen MR) is 57.7 cm³/mol. The largest absolute Gasteiger partial charge is 0.468 e. The monoisotopic (exact) mass is 215 g/mol. The van der Waals surface area contributed by atoms with Crippen LogP contribution in [0.3, 0.4) is 0 Å². The number of hydrogen-bond acceptors (Lipinski definition) is 4. The Bertz CT molecular complexity index is 212. The smallest absolute Gasteiger partial charge is 0.322 e. The first-order chi connectivity index (χ1) is 7.11. The fraction of sp³-hybridized carbons (Fsp3) is 0.909. The Hall–Kier alpha value is -0.610. The molecule has 0 saturated carbocycles. The molecule has 4 heteroatoms. The molecule has 88 valence electrons. The van der Waals surface area contributed by atoms with Crippen LogP contribution in [0.2, 0.25) is 0 Å². The minimum atomic E-state index is -0.212. The molecule has 2 atom stereocenters. The second-order valence-electron chi connectivity index (χ2n) is 4.27. The van der Waals surface area contributed by atoms with E-state index in [-0.39, 0.29) is 17.6 Å². The van der Waals surface area contributed by atoms with Crippen molar-refractivity contribution in [2.75, 3.05) is 20.3 Å². The number of hydrogen-bond donors (Lipinski definition) is 1. The topological polar surface area (TPSA) is 47.6 Å². The van der Waals surface area contributed by atoms with Crippen LogP contribution < -0.4 is 5.32 Å². The SMILES string of the molecule is CCC(NCC1(C)CCCO1)C(=O)OC. The van der Waals surface area contributed by atoms with Gasteiger partial charge in [0.2, 0.25) is 0 Å². The van der Waals surface area contributed by atoms with Crippen LogP contribution in [0.1, 0.15) is 33.1 Å². The Labute approximate surface area is 91.3 Å². The van der Waals surface area contributed by atoms with Gasteiger partial charge in [-0.2, -0.15) is 0 Å². The molecule has 0 aromatic heterocycles. The molecule has 0 amide bonds. The Kier molecular flexibility index (Phi) is 4.54. The van der Waals surface area contributed by atoms with Crippen LogP contribution in [0.25, 0.3) is 0 Å². The average molecular weight is 215 g/mol. The summed E-state index contributed by atoms with van der Waals surface area (Å²) in [5.74, 6) is -0.195. The number of rotatable bonds is 5. The van der Waals surface area contributed by atoms with Crippen molar-refractivity contribution in [2.24, 2.45) is 0 Å². The molecule has 2 unspecified atom stereocenters. The zero-order valence-corrected chi connectivity index (χ0v) is 9.84. The molecule has 1 aliphatic rings. The third-order valence-electron chi connectivity index (χ3n) is 2.92. The first-order valence-corrected chi connectivity index (χ1v) is 5.56. The highest BCUT2D eigenvalue weighted by atomic mass is 16.5. The van der Waals surface area contributed by atoms with E-state index < -0.39 is 0 Å². The van der Waals surface area contributed by atoms with Gasteiger partial charge in [0.1, 0.15) is 6.04 Å². The van der Waals surface area contributed by atoms with E-state index in [1.807, 2.05) is 6.92 Å². The van der Waals surface area contributed by atoms with Crippen LogP contribution >= 0.6 is 0 Å². The summed E-state index contributed by atoms with van der Waals surface area (Å²) in [7, 11) is 1.42. The van der Waals surface area contributed by atoms with E-state index in [0.717, 1.165) is 25.9 Å². The van der Waals surface area contributed by atoms with Crippen molar-refractivity contribution in [1.82, 2.24) is 5.32 Å². The molecular formula is C11H21NO3. The minimum absolute atomic E-state index is 0.110. The van der Waals surface area contributed by atoms with E-state index in [9.17, 15) is 4.79 Å². The average Bonchev–Trinajstić information content (AvgIpc) is 2.66. The van der Waals surface area contributed by atoms with Crippen LogP contribution in [-0.2, 0) is 14.3 Å². The van der Waals surface area contributed by atoms with Crippen molar-refractivity contribution < 1.29 is 14.3 Å². The fourth-order valence-electron chi connectivity index (χ4n) is 1.85. The van der Waals surface area contributed by atoms with Crippen molar-refractivity contribution in [2.45, 2.75) is 44.8 Å². The number of nitrogens with one attached hydrogen (secondary N) is 1. The van der Waals surface area contributed by atoms with Crippen molar-refractivity contribution in [3.63, 3.8) is 0 Å². The van der Waals surface area contributed by atoms with Gasteiger partial charge >= 0.3 is 5.97 Å². The van der Waals surface area contributed by atoms with Crippen LogP contribution in [-0.4, -0.2) is 37.9 Å². The summed E-state index contributed by atoms with van der Waals surface area (Å²) in [5.41, 5.74) is -0.110. The Morgan fingerprint density at radius 3 is 2.87 bits per heavy atom. The van der Waals surface area contributed by atoms with Crippen molar-refractivity contribution >= 4 is 5.97 Å². The highest BCUT2D eigenvalue weighted by molar-refractivity contribution is 5.75. The molecule has 0 aromatic carbocycles. The molecule has 0 spiro atoms. The summed E-state index contributed by atoms with van der Waals surface area (Å²) < 4.78 is 10.3. The quantitative estimate of drug-likeness (QED) is 0.698. The van der Waals surface area contributed by atoms with Crippen LogP contribution in [0.5, 0.6) is 0 Å². The molecule has 1 saturated heterocycles. The van der Waals surface area contributed by atoms with Gasteiger partial charge in [-0.05, 0) is 26.2 Å². The van der Waals surface area contributed by atoms with Gasteiger partial charge in [-0.1, -0.05) is 6.92 Å². The predicted octanol–water partition coefficient (Wildman–Crippen LogP) is 1.10. The Morgan fingerprint density at radius 2 is 2.40 bits per heavy atom. The second-order valence-corrected chi connectivity index (χ2v) is 4.27. The molecule has 0 radical (unpaired) electrons. The van der Waals surface area contributed by atoms with Gasteiger partial charge in [0.25, 0.3) is 0 Å². The van der Waals surface area contributed by atoms with Gasteiger partial charge in [0.05, 0.1) is 12.7 Å². The minimum Gasteiger partial charge on any atom is -0.468 e. The number of methoxy groups -OCH3 is 1. The third kappa shape index (κ3) is 3.47. The second kappa shape index (κ2) is 5.47. The molecular weight excluding hydrogens is 194 g/mol. The van der Waals surface area contributed by atoms with Crippen LogP contribution in [0.4, 0.5) is 0 Å². The van der Waals surface area contributed by atoms with Crippen molar-refractivity contribution in [3.8, 4) is 0 Å². The van der Waals surface area contributed by atoms with Crippen molar-refractivity contribution in [1.29, 1.82) is 0 Å². The lowest BCUT2D eigenvalue weighted by Crippen LogP contribution is -2.45. The molecule has 0 aliphatic carbocycles. The molecule has 1 heterocycles. The summed E-state index contributed by atoms with van der Waals surface area (Å²) >= 11 is 0. The van der Waals surface area contributed by atoms with E-state index in [2.05, 4.69) is 12.2 Å². The number of ether oxygens (including phenoxy) is 2. The standard InChI is InChI=1S/C11H21NO3/c1-4-9(10(13)14-3)12-8-11(2)6-5-7-15-11/h9,12H,4-8H2,1-3H3. The van der Waals surface area contributed by atoms with Gasteiger partial charge in [0, 0.05) is 13.2 Å². The summed E-state index contributed by atoms with van der Waals surface area (Å²) in [6.45, 7) is 5.58. The fourth-order valence-corrected chi connectivity index (χ4v) is 1.85. The molecule has 15 heavy (non-hydrogen) atoms. The zero-order chi connectivity index (χ0) is 11.3. The maximum Gasteiger partial charge on any atom is 0.322 e. The molecule has 1 aliphatic heterocycles. The van der Waals surface area contributed by atoms with Crippen LogP contribution in [0.15, 0.2) is 0 Å². The number of esters is 1. The molecule has 4 nitrogen and oxygen atoms in total. The maximum atomic E-state index is 11.3. The van der Waals surface area contributed by atoms with E-state index in [0.29, 0.717) is 6.54 Å². The lowest BCUT2D eigenvalue weighted by Gasteiger charge is -2.26. The van der Waals surface area contributed by atoms with Gasteiger partial charge in [0.15, 0.2) is 0 Å². The summed E-state index contributed by atoms with van der Waals surface area (Å²) in [6.07, 6.45) is 2.90. The Morgan fingerprint density at radius 1 is 1.67 bits per heavy atom. The lowest BCUT2D eigenvalue weighted by molar-refractivity contribution is -0.143. The molecule has 0 aromatic rings. The molecule has 1 rings (SSSR count). The summed E-state index contributed by atoms with van der Waals surface area (Å²) in [6, 6.07) is -0.212.